The molecule has 2 aromatic rings. The van der Waals surface area contributed by atoms with E-state index in [-0.39, 0.29) is 0 Å². The predicted molar refractivity (Wildman–Crippen MR) is 60.0 cm³/mol. The summed E-state index contributed by atoms with van der Waals surface area (Å²) in [4.78, 5) is 11.1. The Kier molecular flexibility index (Phi) is 2.70. The summed E-state index contributed by atoms with van der Waals surface area (Å²) in [6.45, 7) is 0.488. The third-order valence-corrected chi connectivity index (χ3v) is 2.31. The van der Waals surface area contributed by atoms with Crippen LogP contribution in [-0.2, 0) is 6.54 Å². The van der Waals surface area contributed by atoms with Gasteiger partial charge in [0.2, 0.25) is 0 Å². The van der Waals surface area contributed by atoms with Crippen molar-refractivity contribution >= 4 is 5.91 Å². The van der Waals surface area contributed by atoms with E-state index in [1.807, 2.05) is 24.3 Å². The van der Waals surface area contributed by atoms with E-state index in [1.54, 1.807) is 6.07 Å². The number of aromatic nitrogens is 2. The normalized spacial score (nSPS) is 10.3. The van der Waals surface area contributed by atoms with Gasteiger partial charge in [-0.15, -0.1) is 0 Å². The molecule has 0 atom stereocenters. The van der Waals surface area contributed by atoms with Gasteiger partial charge in [0.15, 0.2) is 0 Å². The Hall–Kier alpha value is -2.14. The SMILES string of the molecule is NCc1ccc(-n2nccc2C(N)=O)cc1. The number of carbonyl (C=O) groups is 1. The quantitative estimate of drug-likeness (QED) is 0.780. The molecule has 5 heteroatoms. The van der Waals surface area contributed by atoms with Crippen molar-refractivity contribution in [1.29, 1.82) is 0 Å². The number of carbonyl (C=O) groups excluding carboxylic acids is 1. The molecule has 1 heterocycles. The number of primary amides is 1. The predicted octanol–water partition coefficient (Wildman–Crippen LogP) is 0.430. The zero-order valence-electron chi connectivity index (χ0n) is 8.63. The van der Waals surface area contributed by atoms with Gasteiger partial charge in [0.05, 0.1) is 11.9 Å². The van der Waals surface area contributed by atoms with Crippen LogP contribution in [0.1, 0.15) is 16.1 Å². The lowest BCUT2D eigenvalue weighted by Crippen LogP contribution is -2.16. The van der Waals surface area contributed by atoms with Crippen molar-refractivity contribution in [1.82, 2.24) is 9.78 Å². The van der Waals surface area contributed by atoms with Crippen LogP contribution in [0.15, 0.2) is 36.5 Å². The second-order valence-electron chi connectivity index (χ2n) is 3.36. The fourth-order valence-corrected chi connectivity index (χ4v) is 1.47. The zero-order valence-corrected chi connectivity index (χ0v) is 8.63. The van der Waals surface area contributed by atoms with E-state index in [0.29, 0.717) is 12.2 Å². The molecule has 0 saturated heterocycles. The summed E-state index contributed by atoms with van der Waals surface area (Å²) >= 11 is 0. The molecule has 2 rings (SSSR count). The van der Waals surface area contributed by atoms with E-state index >= 15 is 0 Å². The van der Waals surface area contributed by atoms with Gasteiger partial charge in [-0.25, -0.2) is 4.68 Å². The molecule has 82 valence electrons. The second kappa shape index (κ2) is 4.16. The molecular weight excluding hydrogens is 204 g/mol. The van der Waals surface area contributed by atoms with Gasteiger partial charge >= 0.3 is 0 Å². The molecule has 0 bridgehead atoms. The van der Waals surface area contributed by atoms with Crippen molar-refractivity contribution in [2.45, 2.75) is 6.54 Å². The first-order valence-corrected chi connectivity index (χ1v) is 4.85. The van der Waals surface area contributed by atoms with E-state index in [9.17, 15) is 4.79 Å². The van der Waals surface area contributed by atoms with Crippen molar-refractivity contribution in [2.75, 3.05) is 0 Å². The Morgan fingerprint density at radius 2 is 1.94 bits per heavy atom. The van der Waals surface area contributed by atoms with Crippen LogP contribution in [-0.4, -0.2) is 15.7 Å². The van der Waals surface area contributed by atoms with Crippen molar-refractivity contribution in [2.24, 2.45) is 11.5 Å². The summed E-state index contributed by atoms with van der Waals surface area (Å²) in [6.07, 6.45) is 1.54. The molecule has 0 saturated carbocycles. The molecule has 0 unspecified atom stereocenters. The van der Waals surface area contributed by atoms with Gasteiger partial charge in [0, 0.05) is 6.54 Å². The van der Waals surface area contributed by atoms with Crippen LogP contribution < -0.4 is 11.5 Å². The first kappa shape index (κ1) is 10.4. The molecule has 0 radical (unpaired) electrons. The van der Waals surface area contributed by atoms with E-state index in [4.69, 9.17) is 11.5 Å². The van der Waals surface area contributed by atoms with Gasteiger partial charge < -0.3 is 11.5 Å². The van der Waals surface area contributed by atoms with Crippen LogP contribution in [0.25, 0.3) is 5.69 Å². The minimum atomic E-state index is -0.500. The molecule has 0 aliphatic heterocycles. The van der Waals surface area contributed by atoms with Gasteiger partial charge in [0.25, 0.3) is 5.91 Å². The highest BCUT2D eigenvalue weighted by atomic mass is 16.1. The molecule has 0 aliphatic rings. The lowest BCUT2D eigenvalue weighted by molar-refractivity contribution is 0.0993. The average Bonchev–Trinajstić information content (AvgIpc) is 2.78. The van der Waals surface area contributed by atoms with Gasteiger partial charge in [-0.3, -0.25) is 4.79 Å². The number of hydrogen-bond donors (Lipinski definition) is 2. The zero-order chi connectivity index (χ0) is 11.5. The third kappa shape index (κ3) is 1.80. The van der Waals surface area contributed by atoms with Gasteiger partial charge in [-0.1, -0.05) is 12.1 Å². The first-order chi connectivity index (χ1) is 7.72. The summed E-state index contributed by atoms with van der Waals surface area (Å²) in [7, 11) is 0. The van der Waals surface area contributed by atoms with Crippen LogP contribution in [0.5, 0.6) is 0 Å². The molecule has 16 heavy (non-hydrogen) atoms. The highest BCUT2D eigenvalue weighted by Gasteiger charge is 2.09. The summed E-state index contributed by atoms with van der Waals surface area (Å²) in [5.41, 5.74) is 12.9. The molecule has 1 aromatic heterocycles. The standard InChI is InChI=1S/C11H12N4O/c12-7-8-1-3-9(4-2-8)15-10(11(13)16)5-6-14-15/h1-6H,7,12H2,(H2,13,16). The molecular formula is C11H12N4O. The third-order valence-electron chi connectivity index (χ3n) is 2.31. The minimum Gasteiger partial charge on any atom is -0.364 e. The molecule has 0 fully saturated rings. The first-order valence-electron chi connectivity index (χ1n) is 4.85. The fourth-order valence-electron chi connectivity index (χ4n) is 1.47. The van der Waals surface area contributed by atoms with Gasteiger partial charge in [0.1, 0.15) is 5.69 Å². The number of benzene rings is 1. The van der Waals surface area contributed by atoms with Crippen molar-refractivity contribution in [3.8, 4) is 5.69 Å². The maximum atomic E-state index is 11.1. The van der Waals surface area contributed by atoms with E-state index in [0.717, 1.165) is 11.3 Å². The fraction of sp³-hybridized carbons (Fsp3) is 0.0909. The second-order valence-corrected chi connectivity index (χ2v) is 3.36. The van der Waals surface area contributed by atoms with Crippen LogP contribution in [0.2, 0.25) is 0 Å². The Morgan fingerprint density at radius 3 is 2.50 bits per heavy atom. The Balaban J connectivity index is 2.42. The van der Waals surface area contributed by atoms with Crippen LogP contribution in [0.4, 0.5) is 0 Å². The van der Waals surface area contributed by atoms with Crippen LogP contribution >= 0.6 is 0 Å². The number of amides is 1. The molecule has 0 aliphatic carbocycles. The Morgan fingerprint density at radius 1 is 1.25 bits per heavy atom. The summed E-state index contributed by atoms with van der Waals surface area (Å²) in [5.74, 6) is -0.500. The summed E-state index contributed by atoms with van der Waals surface area (Å²) in [6, 6.07) is 9.06. The highest BCUT2D eigenvalue weighted by molar-refractivity contribution is 5.91. The number of hydrogen-bond acceptors (Lipinski definition) is 3. The Labute approximate surface area is 92.7 Å². The molecule has 1 aromatic carbocycles. The monoisotopic (exact) mass is 216 g/mol. The smallest absolute Gasteiger partial charge is 0.267 e. The van der Waals surface area contributed by atoms with E-state index in [2.05, 4.69) is 5.10 Å². The maximum Gasteiger partial charge on any atom is 0.267 e. The average molecular weight is 216 g/mol. The van der Waals surface area contributed by atoms with Crippen molar-refractivity contribution in [3.05, 3.63) is 47.8 Å². The molecule has 0 spiro atoms. The minimum absolute atomic E-state index is 0.362. The van der Waals surface area contributed by atoms with Crippen molar-refractivity contribution < 1.29 is 4.79 Å². The maximum absolute atomic E-state index is 11.1. The topological polar surface area (TPSA) is 86.9 Å². The lowest BCUT2D eigenvalue weighted by Gasteiger charge is -2.05. The largest absolute Gasteiger partial charge is 0.364 e. The molecule has 4 N–H and O–H groups in total. The summed E-state index contributed by atoms with van der Waals surface area (Å²) in [5, 5.41) is 4.05. The summed E-state index contributed by atoms with van der Waals surface area (Å²) < 4.78 is 1.50. The highest BCUT2D eigenvalue weighted by Crippen LogP contribution is 2.11. The van der Waals surface area contributed by atoms with Crippen LogP contribution in [0, 0.1) is 0 Å². The van der Waals surface area contributed by atoms with Gasteiger partial charge in [-0.2, -0.15) is 5.10 Å². The lowest BCUT2D eigenvalue weighted by atomic mass is 10.2. The number of rotatable bonds is 3. The Bertz CT molecular complexity index is 501. The van der Waals surface area contributed by atoms with Crippen molar-refractivity contribution in [3.63, 3.8) is 0 Å². The van der Waals surface area contributed by atoms with E-state index in [1.165, 1.54) is 10.9 Å². The van der Waals surface area contributed by atoms with Gasteiger partial charge in [-0.05, 0) is 23.8 Å². The van der Waals surface area contributed by atoms with Crippen LogP contribution in [0.3, 0.4) is 0 Å². The molecule has 5 nitrogen and oxygen atoms in total. The number of nitrogens with zero attached hydrogens (tertiary/aromatic N) is 2. The van der Waals surface area contributed by atoms with E-state index < -0.39 is 5.91 Å². The molecule has 1 amide bonds. The number of nitrogens with two attached hydrogens (primary N) is 2.